The van der Waals surface area contributed by atoms with Gasteiger partial charge in [-0.15, -0.1) is 0 Å². The number of carbonyl (C=O) groups is 1. The van der Waals surface area contributed by atoms with Gasteiger partial charge < -0.3 is 15.4 Å². The highest BCUT2D eigenvalue weighted by Gasteiger charge is 2.05. The maximum Gasteiger partial charge on any atom is 0.323 e. The SMILES string of the molecule is CCCOc1ccc(NC(=O)Nc2ccc(Cl)c(Cl)c2)cc1. The molecule has 0 saturated carbocycles. The van der Waals surface area contributed by atoms with E-state index in [0.29, 0.717) is 28.0 Å². The molecule has 4 nitrogen and oxygen atoms in total. The maximum atomic E-state index is 11.9. The van der Waals surface area contributed by atoms with Crippen LogP contribution in [0.4, 0.5) is 16.2 Å². The Bertz CT molecular complexity index is 645. The number of nitrogens with one attached hydrogen (secondary N) is 2. The van der Waals surface area contributed by atoms with Crippen molar-refractivity contribution in [3.8, 4) is 5.75 Å². The van der Waals surface area contributed by atoms with Gasteiger partial charge in [-0.25, -0.2) is 4.79 Å². The van der Waals surface area contributed by atoms with Crippen LogP contribution in [0.5, 0.6) is 5.75 Å². The molecule has 116 valence electrons. The van der Waals surface area contributed by atoms with Crippen molar-refractivity contribution in [3.05, 3.63) is 52.5 Å². The Morgan fingerprint density at radius 2 is 1.64 bits per heavy atom. The summed E-state index contributed by atoms with van der Waals surface area (Å²) < 4.78 is 5.48. The fraction of sp³-hybridized carbons (Fsp3) is 0.188. The highest BCUT2D eigenvalue weighted by Crippen LogP contribution is 2.25. The van der Waals surface area contributed by atoms with Crippen molar-refractivity contribution in [2.75, 3.05) is 17.2 Å². The van der Waals surface area contributed by atoms with Crippen molar-refractivity contribution >= 4 is 40.6 Å². The molecule has 2 rings (SSSR count). The summed E-state index contributed by atoms with van der Waals surface area (Å²) in [6, 6.07) is 11.7. The van der Waals surface area contributed by atoms with Gasteiger partial charge in [0.2, 0.25) is 0 Å². The average Bonchev–Trinajstić information content (AvgIpc) is 2.50. The number of halogens is 2. The normalized spacial score (nSPS) is 10.1. The minimum Gasteiger partial charge on any atom is -0.494 e. The van der Waals surface area contributed by atoms with E-state index in [4.69, 9.17) is 27.9 Å². The molecule has 0 aliphatic rings. The van der Waals surface area contributed by atoms with Crippen LogP contribution in [0.1, 0.15) is 13.3 Å². The summed E-state index contributed by atoms with van der Waals surface area (Å²) in [5, 5.41) is 6.24. The fourth-order valence-electron chi connectivity index (χ4n) is 1.72. The minimum atomic E-state index is -0.361. The molecule has 0 radical (unpaired) electrons. The van der Waals surface area contributed by atoms with Crippen molar-refractivity contribution in [1.82, 2.24) is 0 Å². The molecule has 0 aliphatic carbocycles. The largest absolute Gasteiger partial charge is 0.494 e. The van der Waals surface area contributed by atoms with Crippen molar-refractivity contribution < 1.29 is 9.53 Å². The molecule has 2 aromatic carbocycles. The van der Waals surface area contributed by atoms with Gasteiger partial charge in [-0.05, 0) is 48.9 Å². The molecule has 0 spiro atoms. The van der Waals surface area contributed by atoms with E-state index >= 15 is 0 Å². The van der Waals surface area contributed by atoms with E-state index < -0.39 is 0 Å². The lowest BCUT2D eigenvalue weighted by atomic mass is 10.3. The van der Waals surface area contributed by atoms with Crippen LogP contribution in [-0.4, -0.2) is 12.6 Å². The molecule has 0 bridgehead atoms. The van der Waals surface area contributed by atoms with Gasteiger partial charge in [-0.1, -0.05) is 30.1 Å². The van der Waals surface area contributed by atoms with E-state index in [9.17, 15) is 4.79 Å². The quantitative estimate of drug-likeness (QED) is 0.763. The third kappa shape index (κ3) is 4.83. The van der Waals surface area contributed by atoms with Gasteiger partial charge in [0, 0.05) is 11.4 Å². The number of anilines is 2. The van der Waals surface area contributed by atoms with Crippen LogP contribution in [0.3, 0.4) is 0 Å². The first-order chi connectivity index (χ1) is 10.6. The monoisotopic (exact) mass is 338 g/mol. The Hall–Kier alpha value is -1.91. The van der Waals surface area contributed by atoms with E-state index in [0.717, 1.165) is 12.2 Å². The van der Waals surface area contributed by atoms with Gasteiger partial charge in [-0.3, -0.25) is 0 Å². The summed E-state index contributed by atoms with van der Waals surface area (Å²) in [5.74, 6) is 0.775. The predicted molar refractivity (Wildman–Crippen MR) is 91.3 cm³/mol. The zero-order valence-electron chi connectivity index (χ0n) is 12.0. The Morgan fingerprint density at radius 1 is 1.00 bits per heavy atom. The van der Waals surface area contributed by atoms with Crippen molar-refractivity contribution in [2.45, 2.75) is 13.3 Å². The van der Waals surface area contributed by atoms with E-state index in [1.807, 2.05) is 19.1 Å². The lowest BCUT2D eigenvalue weighted by Gasteiger charge is -2.09. The Balaban J connectivity index is 1.92. The van der Waals surface area contributed by atoms with Crippen LogP contribution in [0.2, 0.25) is 10.0 Å². The first-order valence-corrected chi connectivity index (χ1v) is 7.60. The fourth-order valence-corrected chi connectivity index (χ4v) is 2.02. The number of rotatable bonds is 5. The summed E-state index contributed by atoms with van der Waals surface area (Å²) in [6.07, 6.45) is 0.950. The third-order valence-corrected chi connectivity index (χ3v) is 3.50. The molecule has 0 atom stereocenters. The second-order valence-corrected chi connectivity index (χ2v) is 5.40. The predicted octanol–water partition coefficient (Wildman–Crippen LogP) is 5.43. The second kappa shape index (κ2) is 7.92. The molecule has 2 amide bonds. The van der Waals surface area contributed by atoms with Crippen molar-refractivity contribution in [3.63, 3.8) is 0 Å². The molecular weight excluding hydrogens is 323 g/mol. The summed E-state index contributed by atoms with van der Waals surface area (Å²) in [4.78, 5) is 11.9. The summed E-state index contributed by atoms with van der Waals surface area (Å²) in [7, 11) is 0. The van der Waals surface area contributed by atoms with Crippen LogP contribution in [-0.2, 0) is 0 Å². The molecule has 0 unspecified atom stereocenters. The van der Waals surface area contributed by atoms with Crippen LogP contribution in [0.25, 0.3) is 0 Å². The standard InChI is InChI=1S/C16H16Cl2N2O2/c1-2-9-22-13-6-3-11(4-7-13)19-16(21)20-12-5-8-14(17)15(18)10-12/h3-8,10H,2,9H2,1H3,(H2,19,20,21). The lowest BCUT2D eigenvalue weighted by Crippen LogP contribution is -2.19. The Morgan fingerprint density at radius 3 is 2.27 bits per heavy atom. The smallest absolute Gasteiger partial charge is 0.323 e. The van der Waals surface area contributed by atoms with Crippen LogP contribution in [0, 0.1) is 0 Å². The number of carbonyl (C=O) groups excluding carboxylic acids is 1. The van der Waals surface area contributed by atoms with E-state index in [2.05, 4.69) is 10.6 Å². The van der Waals surface area contributed by atoms with Crippen molar-refractivity contribution in [1.29, 1.82) is 0 Å². The minimum absolute atomic E-state index is 0.361. The average molecular weight is 339 g/mol. The van der Waals surface area contributed by atoms with Gasteiger partial charge in [0.15, 0.2) is 0 Å². The van der Waals surface area contributed by atoms with Gasteiger partial charge in [0.25, 0.3) is 0 Å². The Labute approximate surface area is 139 Å². The molecule has 0 aromatic heterocycles. The van der Waals surface area contributed by atoms with Crippen LogP contribution < -0.4 is 15.4 Å². The number of urea groups is 1. The van der Waals surface area contributed by atoms with Gasteiger partial charge in [-0.2, -0.15) is 0 Å². The van der Waals surface area contributed by atoms with Gasteiger partial charge >= 0.3 is 6.03 Å². The first-order valence-electron chi connectivity index (χ1n) is 6.84. The van der Waals surface area contributed by atoms with Crippen molar-refractivity contribution in [2.24, 2.45) is 0 Å². The Kier molecular flexibility index (Phi) is 5.92. The molecule has 2 aromatic rings. The number of ether oxygens (including phenoxy) is 1. The maximum absolute atomic E-state index is 11.9. The number of amides is 2. The molecule has 0 saturated heterocycles. The van der Waals surface area contributed by atoms with E-state index in [1.165, 1.54) is 0 Å². The first kappa shape index (κ1) is 16.5. The summed E-state index contributed by atoms with van der Waals surface area (Å²) in [6.45, 7) is 2.72. The van der Waals surface area contributed by atoms with Gasteiger partial charge in [0.1, 0.15) is 5.75 Å². The summed E-state index contributed by atoms with van der Waals surface area (Å²) in [5.41, 5.74) is 1.23. The second-order valence-electron chi connectivity index (χ2n) is 4.58. The molecule has 2 N–H and O–H groups in total. The zero-order valence-corrected chi connectivity index (χ0v) is 13.5. The number of hydrogen-bond acceptors (Lipinski definition) is 2. The highest BCUT2D eigenvalue weighted by atomic mass is 35.5. The van der Waals surface area contributed by atoms with E-state index in [1.54, 1.807) is 30.3 Å². The number of benzene rings is 2. The molecule has 22 heavy (non-hydrogen) atoms. The van der Waals surface area contributed by atoms with E-state index in [-0.39, 0.29) is 6.03 Å². The lowest BCUT2D eigenvalue weighted by molar-refractivity contribution is 0.262. The van der Waals surface area contributed by atoms with Crippen LogP contribution >= 0.6 is 23.2 Å². The molecular formula is C16H16Cl2N2O2. The van der Waals surface area contributed by atoms with Crippen LogP contribution in [0.15, 0.2) is 42.5 Å². The molecule has 0 fully saturated rings. The van der Waals surface area contributed by atoms with Gasteiger partial charge in [0.05, 0.1) is 16.7 Å². The molecule has 0 aliphatic heterocycles. The zero-order chi connectivity index (χ0) is 15.9. The topological polar surface area (TPSA) is 50.4 Å². The number of hydrogen-bond donors (Lipinski definition) is 2. The third-order valence-electron chi connectivity index (χ3n) is 2.76. The molecule has 6 heteroatoms. The highest BCUT2D eigenvalue weighted by molar-refractivity contribution is 6.42. The molecule has 0 heterocycles. The summed E-state index contributed by atoms with van der Waals surface area (Å²) >= 11 is 11.7.